The molecule has 110 valence electrons. The zero-order chi connectivity index (χ0) is 14.0. The summed E-state index contributed by atoms with van der Waals surface area (Å²) in [6, 6.07) is 2.41. The van der Waals surface area contributed by atoms with Crippen LogP contribution in [0.25, 0.3) is 0 Å². The van der Waals surface area contributed by atoms with Gasteiger partial charge in [-0.2, -0.15) is 5.26 Å². The van der Waals surface area contributed by atoms with Gasteiger partial charge >= 0.3 is 0 Å². The number of hydrogen-bond donors (Lipinski definition) is 1. The van der Waals surface area contributed by atoms with Crippen molar-refractivity contribution < 1.29 is 0 Å². The largest absolute Gasteiger partial charge is 0.303 e. The number of nitrogens with one attached hydrogen (secondary N) is 1. The van der Waals surface area contributed by atoms with E-state index in [1.807, 2.05) is 6.92 Å². The van der Waals surface area contributed by atoms with Crippen molar-refractivity contribution in [3.05, 3.63) is 0 Å². The van der Waals surface area contributed by atoms with Crippen molar-refractivity contribution in [1.29, 1.82) is 5.26 Å². The summed E-state index contributed by atoms with van der Waals surface area (Å²) in [6.45, 7) is 8.73. The molecule has 1 unspecified atom stereocenters. The zero-order valence-electron chi connectivity index (χ0n) is 12.9. The Labute approximate surface area is 119 Å². The second-order valence-electron chi connectivity index (χ2n) is 6.04. The second-order valence-corrected chi connectivity index (χ2v) is 6.04. The average molecular weight is 265 g/mol. The Hall–Kier alpha value is -0.590. The molecule has 1 aliphatic heterocycles. The van der Waals surface area contributed by atoms with Gasteiger partial charge in [0.05, 0.1) is 6.07 Å². The molecule has 0 aromatic rings. The first-order chi connectivity index (χ1) is 9.20. The van der Waals surface area contributed by atoms with Crippen LogP contribution in [0, 0.1) is 11.3 Å². The quantitative estimate of drug-likeness (QED) is 0.718. The van der Waals surface area contributed by atoms with Gasteiger partial charge in [-0.1, -0.05) is 26.2 Å². The van der Waals surface area contributed by atoms with Gasteiger partial charge in [0.1, 0.15) is 5.54 Å². The summed E-state index contributed by atoms with van der Waals surface area (Å²) < 4.78 is 0. The highest BCUT2D eigenvalue weighted by molar-refractivity contribution is 5.03. The molecular formula is C16H31N3. The van der Waals surface area contributed by atoms with Crippen LogP contribution in [0.5, 0.6) is 0 Å². The Morgan fingerprint density at radius 1 is 1.11 bits per heavy atom. The first-order valence-corrected chi connectivity index (χ1v) is 8.09. The first kappa shape index (κ1) is 16.5. The summed E-state index contributed by atoms with van der Waals surface area (Å²) in [6.07, 6.45) is 10.3. The topological polar surface area (TPSA) is 39.1 Å². The van der Waals surface area contributed by atoms with E-state index in [2.05, 4.69) is 23.2 Å². The molecule has 1 heterocycles. The zero-order valence-corrected chi connectivity index (χ0v) is 12.9. The lowest BCUT2D eigenvalue weighted by Gasteiger charge is -2.26. The summed E-state index contributed by atoms with van der Waals surface area (Å²) in [5.41, 5.74) is -0.328. The van der Waals surface area contributed by atoms with E-state index in [1.54, 1.807) is 0 Å². The van der Waals surface area contributed by atoms with Crippen LogP contribution in [-0.4, -0.2) is 36.6 Å². The summed E-state index contributed by atoms with van der Waals surface area (Å²) >= 11 is 0. The Balaban J connectivity index is 2.16. The van der Waals surface area contributed by atoms with Gasteiger partial charge in [-0.15, -0.1) is 0 Å². The lowest BCUT2D eigenvalue weighted by Crippen LogP contribution is -2.40. The van der Waals surface area contributed by atoms with Gasteiger partial charge in [0, 0.05) is 0 Å². The minimum absolute atomic E-state index is 0.328. The van der Waals surface area contributed by atoms with Crippen LogP contribution in [0.4, 0.5) is 0 Å². The van der Waals surface area contributed by atoms with E-state index in [9.17, 15) is 5.26 Å². The van der Waals surface area contributed by atoms with Crippen LogP contribution in [0.3, 0.4) is 0 Å². The number of unbranched alkanes of at least 4 members (excludes halogenated alkanes) is 1. The van der Waals surface area contributed by atoms with Crippen molar-refractivity contribution in [3.63, 3.8) is 0 Å². The van der Waals surface area contributed by atoms with Crippen molar-refractivity contribution in [2.45, 2.75) is 70.8 Å². The first-order valence-electron chi connectivity index (χ1n) is 8.09. The Morgan fingerprint density at radius 3 is 2.32 bits per heavy atom. The highest BCUT2D eigenvalue weighted by Crippen LogP contribution is 2.15. The predicted molar refractivity (Wildman–Crippen MR) is 81.1 cm³/mol. The maximum atomic E-state index is 9.21. The fourth-order valence-electron chi connectivity index (χ4n) is 2.92. The van der Waals surface area contributed by atoms with E-state index < -0.39 is 0 Å². The van der Waals surface area contributed by atoms with Crippen LogP contribution < -0.4 is 5.32 Å². The average Bonchev–Trinajstić information content (AvgIpc) is 2.37. The fourth-order valence-corrected chi connectivity index (χ4v) is 2.92. The third kappa shape index (κ3) is 6.94. The van der Waals surface area contributed by atoms with Crippen molar-refractivity contribution in [3.8, 4) is 6.07 Å². The van der Waals surface area contributed by atoms with Crippen molar-refractivity contribution in [2.75, 3.05) is 26.2 Å². The van der Waals surface area contributed by atoms with Crippen molar-refractivity contribution in [1.82, 2.24) is 10.2 Å². The molecule has 1 aliphatic rings. The Morgan fingerprint density at radius 2 is 1.74 bits per heavy atom. The van der Waals surface area contributed by atoms with E-state index in [0.717, 1.165) is 19.4 Å². The molecule has 1 rings (SSSR count). The second kappa shape index (κ2) is 9.34. The number of hydrogen-bond acceptors (Lipinski definition) is 3. The number of likely N-dealkylation sites (tertiary alicyclic amines) is 1. The van der Waals surface area contributed by atoms with Gasteiger partial charge in [-0.25, -0.2) is 0 Å². The highest BCUT2D eigenvalue weighted by atomic mass is 15.1. The van der Waals surface area contributed by atoms with E-state index in [1.165, 1.54) is 58.2 Å². The molecule has 0 aromatic heterocycles. The molecule has 0 aliphatic carbocycles. The van der Waals surface area contributed by atoms with Gasteiger partial charge in [0.15, 0.2) is 0 Å². The number of rotatable bonds is 7. The van der Waals surface area contributed by atoms with Crippen LogP contribution in [0.2, 0.25) is 0 Å². The number of nitrogens with zero attached hydrogens (tertiary/aromatic N) is 2. The van der Waals surface area contributed by atoms with E-state index in [0.29, 0.717) is 0 Å². The summed E-state index contributed by atoms with van der Waals surface area (Å²) in [4.78, 5) is 2.62. The molecular weight excluding hydrogens is 234 g/mol. The normalized spacial score (nSPS) is 21.1. The molecule has 19 heavy (non-hydrogen) atoms. The van der Waals surface area contributed by atoms with Gasteiger partial charge < -0.3 is 4.90 Å². The fraction of sp³-hybridized carbons (Fsp3) is 0.938. The molecule has 1 saturated heterocycles. The third-order valence-electron chi connectivity index (χ3n) is 4.16. The Kier molecular flexibility index (Phi) is 8.09. The van der Waals surface area contributed by atoms with Gasteiger partial charge in [-0.3, -0.25) is 5.32 Å². The molecule has 0 amide bonds. The van der Waals surface area contributed by atoms with E-state index >= 15 is 0 Å². The lowest BCUT2D eigenvalue weighted by molar-refractivity contribution is 0.239. The van der Waals surface area contributed by atoms with E-state index in [4.69, 9.17) is 0 Å². The van der Waals surface area contributed by atoms with Crippen LogP contribution >= 0.6 is 0 Å². The standard InChI is InChI=1S/C16H31N3/c1-3-18-16(2,15-17)11-7-10-14-19-12-8-5-4-6-9-13-19/h18H,3-14H2,1-2H3. The maximum Gasteiger partial charge on any atom is 0.103 e. The molecule has 0 bridgehead atoms. The minimum atomic E-state index is -0.328. The van der Waals surface area contributed by atoms with Crippen molar-refractivity contribution >= 4 is 0 Å². The molecule has 3 heteroatoms. The number of nitriles is 1. The summed E-state index contributed by atoms with van der Waals surface area (Å²) in [5.74, 6) is 0. The monoisotopic (exact) mass is 265 g/mol. The molecule has 3 nitrogen and oxygen atoms in total. The molecule has 0 spiro atoms. The van der Waals surface area contributed by atoms with E-state index in [-0.39, 0.29) is 5.54 Å². The maximum absolute atomic E-state index is 9.21. The third-order valence-corrected chi connectivity index (χ3v) is 4.16. The predicted octanol–water partition coefficient (Wildman–Crippen LogP) is 3.31. The Bertz CT molecular complexity index is 264. The van der Waals surface area contributed by atoms with Gasteiger partial charge in [0.25, 0.3) is 0 Å². The molecule has 0 aromatic carbocycles. The summed E-state index contributed by atoms with van der Waals surface area (Å²) in [7, 11) is 0. The lowest BCUT2D eigenvalue weighted by atomic mass is 9.96. The van der Waals surface area contributed by atoms with Crippen molar-refractivity contribution in [2.24, 2.45) is 0 Å². The van der Waals surface area contributed by atoms with Crippen LogP contribution in [-0.2, 0) is 0 Å². The molecule has 1 N–H and O–H groups in total. The molecule has 1 fully saturated rings. The molecule has 0 radical (unpaired) electrons. The van der Waals surface area contributed by atoms with Gasteiger partial charge in [0.2, 0.25) is 0 Å². The van der Waals surface area contributed by atoms with Crippen LogP contribution in [0.15, 0.2) is 0 Å². The van der Waals surface area contributed by atoms with Gasteiger partial charge in [-0.05, 0) is 65.2 Å². The minimum Gasteiger partial charge on any atom is -0.303 e. The molecule has 0 saturated carbocycles. The SMILES string of the molecule is CCNC(C)(C#N)CCCCN1CCCCCCC1. The summed E-state index contributed by atoms with van der Waals surface area (Å²) in [5, 5.41) is 12.5. The molecule has 1 atom stereocenters. The smallest absolute Gasteiger partial charge is 0.103 e. The highest BCUT2D eigenvalue weighted by Gasteiger charge is 2.21. The van der Waals surface area contributed by atoms with Crippen LogP contribution in [0.1, 0.15) is 65.2 Å².